The predicted octanol–water partition coefficient (Wildman–Crippen LogP) is 3.14. The number of aromatic nitrogens is 1. The van der Waals surface area contributed by atoms with Gasteiger partial charge in [0.05, 0.1) is 11.7 Å². The maximum atomic E-state index is 13.9. The van der Waals surface area contributed by atoms with Crippen LogP contribution in [0.25, 0.3) is 0 Å². The second-order valence-corrected chi connectivity index (χ2v) is 4.84. The molecule has 0 aliphatic rings. The van der Waals surface area contributed by atoms with Gasteiger partial charge in [0.25, 0.3) is 0 Å². The molecule has 0 aliphatic carbocycles. The van der Waals surface area contributed by atoms with E-state index in [-0.39, 0.29) is 11.9 Å². The lowest BCUT2D eigenvalue weighted by atomic mass is 10.1. The molecule has 2 rings (SSSR count). The molecule has 0 saturated heterocycles. The molecule has 1 aromatic heterocycles. The van der Waals surface area contributed by atoms with Crippen LogP contribution in [0.15, 0.2) is 42.6 Å². The molecule has 2 aromatic rings. The number of hydrogen-bond donors (Lipinski definition) is 1. The Bertz CT molecular complexity index is 571. The van der Waals surface area contributed by atoms with E-state index in [2.05, 4.69) is 15.2 Å². The van der Waals surface area contributed by atoms with Gasteiger partial charge < -0.3 is 10.2 Å². The number of halogens is 1. The summed E-state index contributed by atoms with van der Waals surface area (Å²) >= 11 is 0. The lowest BCUT2D eigenvalue weighted by molar-refractivity contribution is 0.585. The number of rotatable bonds is 5. The van der Waals surface area contributed by atoms with Gasteiger partial charge in [0.2, 0.25) is 0 Å². The minimum atomic E-state index is -0.170. The topological polar surface area (TPSA) is 28.2 Å². The van der Waals surface area contributed by atoms with E-state index in [9.17, 15) is 4.39 Å². The highest BCUT2D eigenvalue weighted by atomic mass is 19.1. The zero-order valence-corrected chi connectivity index (χ0v) is 12.1. The summed E-state index contributed by atoms with van der Waals surface area (Å²) in [6, 6.07) is 10.8. The van der Waals surface area contributed by atoms with E-state index in [1.54, 1.807) is 12.3 Å². The van der Waals surface area contributed by atoms with Crippen molar-refractivity contribution in [3.05, 3.63) is 59.7 Å². The average Bonchev–Trinajstić information content (AvgIpc) is 2.47. The zero-order valence-electron chi connectivity index (χ0n) is 12.1. The lowest BCUT2D eigenvalue weighted by Crippen LogP contribution is -2.23. The molecule has 1 atom stereocenters. The Kier molecular flexibility index (Phi) is 4.69. The molecule has 1 aromatic carbocycles. The largest absolute Gasteiger partial charge is 0.368 e. The fourth-order valence-corrected chi connectivity index (χ4v) is 2.21. The normalized spacial score (nSPS) is 12.2. The van der Waals surface area contributed by atoms with Crippen molar-refractivity contribution in [1.82, 2.24) is 10.3 Å². The van der Waals surface area contributed by atoms with Crippen molar-refractivity contribution in [1.29, 1.82) is 0 Å². The van der Waals surface area contributed by atoms with Gasteiger partial charge in [-0.15, -0.1) is 0 Å². The SMILES string of the molecule is CNCc1cc(N(C)C(C)c2ccccc2F)ccn1. The molecule has 0 bridgehead atoms. The van der Waals surface area contributed by atoms with Gasteiger partial charge in [0, 0.05) is 31.0 Å². The van der Waals surface area contributed by atoms with Gasteiger partial charge >= 0.3 is 0 Å². The third-order valence-corrected chi connectivity index (χ3v) is 3.50. The van der Waals surface area contributed by atoms with Crippen LogP contribution in [0.1, 0.15) is 24.2 Å². The van der Waals surface area contributed by atoms with Crippen LogP contribution in [0.5, 0.6) is 0 Å². The molecule has 1 heterocycles. The molecule has 1 N–H and O–H groups in total. The summed E-state index contributed by atoms with van der Waals surface area (Å²) in [5.74, 6) is -0.170. The minimum Gasteiger partial charge on any atom is -0.368 e. The third-order valence-electron chi connectivity index (χ3n) is 3.50. The van der Waals surface area contributed by atoms with E-state index in [1.807, 2.05) is 45.3 Å². The summed E-state index contributed by atoms with van der Waals surface area (Å²) in [6.45, 7) is 2.71. The van der Waals surface area contributed by atoms with Crippen LogP contribution in [0, 0.1) is 5.82 Å². The molecule has 4 heteroatoms. The summed E-state index contributed by atoms with van der Waals surface area (Å²) in [6.07, 6.45) is 1.78. The first-order valence-electron chi connectivity index (χ1n) is 6.70. The molecule has 0 amide bonds. The average molecular weight is 273 g/mol. The Balaban J connectivity index is 2.24. The Labute approximate surface area is 119 Å². The van der Waals surface area contributed by atoms with Gasteiger partial charge in [-0.05, 0) is 32.2 Å². The second-order valence-electron chi connectivity index (χ2n) is 4.84. The van der Waals surface area contributed by atoms with Crippen molar-refractivity contribution in [2.24, 2.45) is 0 Å². The molecule has 0 aliphatic heterocycles. The third kappa shape index (κ3) is 3.14. The predicted molar refractivity (Wildman–Crippen MR) is 80.2 cm³/mol. The maximum absolute atomic E-state index is 13.9. The van der Waals surface area contributed by atoms with Crippen LogP contribution in [0.3, 0.4) is 0 Å². The standard InChI is InChI=1S/C16H20FN3/c1-12(15-6-4-5-7-16(15)17)20(3)14-8-9-19-13(10-14)11-18-2/h4-10,12,18H,11H2,1-3H3. The van der Waals surface area contributed by atoms with Gasteiger partial charge in [-0.25, -0.2) is 4.39 Å². The van der Waals surface area contributed by atoms with Crippen LogP contribution in [0.2, 0.25) is 0 Å². The van der Waals surface area contributed by atoms with E-state index in [0.29, 0.717) is 5.56 Å². The summed E-state index contributed by atoms with van der Waals surface area (Å²) in [4.78, 5) is 6.35. The van der Waals surface area contributed by atoms with Crippen LogP contribution in [-0.2, 0) is 6.54 Å². The molecule has 0 radical (unpaired) electrons. The van der Waals surface area contributed by atoms with Crippen LogP contribution < -0.4 is 10.2 Å². The van der Waals surface area contributed by atoms with E-state index in [0.717, 1.165) is 17.9 Å². The van der Waals surface area contributed by atoms with Crippen molar-refractivity contribution < 1.29 is 4.39 Å². The monoisotopic (exact) mass is 273 g/mol. The minimum absolute atomic E-state index is 0.0407. The van der Waals surface area contributed by atoms with Crippen molar-refractivity contribution >= 4 is 5.69 Å². The molecular formula is C16H20FN3. The van der Waals surface area contributed by atoms with Crippen LogP contribution in [0.4, 0.5) is 10.1 Å². The number of nitrogens with one attached hydrogen (secondary N) is 1. The van der Waals surface area contributed by atoms with E-state index >= 15 is 0 Å². The van der Waals surface area contributed by atoms with Gasteiger partial charge in [0.1, 0.15) is 5.82 Å². The quantitative estimate of drug-likeness (QED) is 0.907. The van der Waals surface area contributed by atoms with Crippen molar-refractivity contribution in [3.63, 3.8) is 0 Å². The molecule has 1 unspecified atom stereocenters. The fourth-order valence-electron chi connectivity index (χ4n) is 2.21. The van der Waals surface area contributed by atoms with Gasteiger partial charge in [-0.1, -0.05) is 18.2 Å². The van der Waals surface area contributed by atoms with Crippen molar-refractivity contribution in [2.75, 3.05) is 19.0 Å². The number of benzene rings is 1. The van der Waals surface area contributed by atoms with Crippen LogP contribution >= 0.6 is 0 Å². The molecule has 106 valence electrons. The second kappa shape index (κ2) is 6.48. The number of nitrogens with zero attached hydrogens (tertiary/aromatic N) is 2. The molecule has 20 heavy (non-hydrogen) atoms. The maximum Gasteiger partial charge on any atom is 0.128 e. The highest BCUT2D eigenvalue weighted by Gasteiger charge is 2.16. The van der Waals surface area contributed by atoms with E-state index < -0.39 is 0 Å². The van der Waals surface area contributed by atoms with Gasteiger partial charge in [-0.2, -0.15) is 0 Å². The van der Waals surface area contributed by atoms with Gasteiger partial charge in [0.15, 0.2) is 0 Å². The lowest BCUT2D eigenvalue weighted by Gasteiger charge is -2.28. The fraction of sp³-hybridized carbons (Fsp3) is 0.312. The molecule has 3 nitrogen and oxygen atoms in total. The Hall–Kier alpha value is -1.94. The Morgan fingerprint density at radius 3 is 2.75 bits per heavy atom. The highest BCUT2D eigenvalue weighted by molar-refractivity contribution is 5.48. The smallest absolute Gasteiger partial charge is 0.128 e. The van der Waals surface area contributed by atoms with Crippen molar-refractivity contribution in [3.8, 4) is 0 Å². The Morgan fingerprint density at radius 1 is 1.30 bits per heavy atom. The number of hydrogen-bond acceptors (Lipinski definition) is 3. The zero-order chi connectivity index (χ0) is 14.5. The Morgan fingerprint density at radius 2 is 2.05 bits per heavy atom. The number of anilines is 1. The van der Waals surface area contributed by atoms with E-state index in [4.69, 9.17) is 0 Å². The summed E-state index contributed by atoms with van der Waals surface area (Å²) < 4.78 is 13.9. The first-order valence-corrected chi connectivity index (χ1v) is 6.70. The van der Waals surface area contributed by atoms with Crippen LogP contribution in [-0.4, -0.2) is 19.1 Å². The van der Waals surface area contributed by atoms with E-state index in [1.165, 1.54) is 6.07 Å². The summed E-state index contributed by atoms with van der Waals surface area (Å²) in [7, 11) is 3.86. The molecule has 0 fully saturated rings. The first-order chi connectivity index (χ1) is 9.63. The molecular weight excluding hydrogens is 253 g/mol. The summed E-state index contributed by atoms with van der Waals surface area (Å²) in [5.41, 5.74) is 2.69. The number of pyridine rings is 1. The first kappa shape index (κ1) is 14.5. The van der Waals surface area contributed by atoms with Gasteiger partial charge in [-0.3, -0.25) is 4.98 Å². The summed E-state index contributed by atoms with van der Waals surface area (Å²) in [5, 5.41) is 3.08. The molecule has 0 spiro atoms. The van der Waals surface area contributed by atoms with Crippen molar-refractivity contribution in [2.45, 2.75) is 19.5 Å². The highest BCUT2D eigenvalue weighted by Crippen LogP contribution is 2.26. The molecule has 0 saturated carbocycles.